The molecular weight excluding hydrogens is 912 g/mol. The second-order valence-corrected chi connectivity index (χ2v) is 25.4. The quantitative estimate of drug-likeness (QED) is 0.162. The van der Waals surface area contributed by atoms with Gasteiger partial charge in [0.25, 0.3) is 6.71 Å². The third kappa shape index (κ3) is 6.33. The van der Waals surface area contributed by atoms with E-state index in [1.54, 1.807) is 0 Å². The zero-order chi connectivity index (χ0) is 47.4. The highest BCUT2D eigenvalue weighted by Crippen LogP contribution is 2.54. The lowest BCUT2D eigenvalue weighted by molar-refractivity contribution is 0.591. The minimum atomic E-state index is -0.00961. The van der Waals surface area contributed by atoms with Crippen LogP contribution in [0, 0.1) is 27.7 Å². The molecule has 0 radical (unpaired) electrons. The fourth-order valence-electron chi connectivity index (χ4n) is 11.7. The van der Waals surface area contributed by atoms with Crippen molar-refractivity contribution >= 4 is 142 Å². The predicted octanol–water partition coefficient (Wildman–Crippen LogP) is 17.8. The monoisotopic (exact) mass is 964 g/mol. The van der Waals surface area contributed by atoms with Crippen molar-refractivity contribution in [3.05, 3.63) is 172 Å². The van der Waals surface area contributed by atoms with E-state index in [0.717, 1.165) is 0 Å². The van der Waals surface area contributed by atoms with Crippen molar-refractivity contribution in [1.29, 1.82) is 0 Å². The molecular formula is C62H53BN2S4. The second-order valence-electron chi connectivity index (χ2n) is 21.5. The van der Waals surface area contributed by atoms with E-state index in [2.05, 4.69) is 217 Å². The molecule has 0 bridgehead atoms. The van der Waals surface area contributed by atoms with Gasteiger partial charge in [-0.05, 0) is 157 Å². The number of anilines is 6. The van der Waals surface area contributed by atoms with Gasteiger partial charge in [0, 0.05) is 52.1 Å². The highest BCUT2D eigenvalue weighted by atomic mass is 32.1. The van der Waals surface area contributed by atoms with Gasteiger partial charge in [-0.25, -0.2) is 0 Å². The molecule has 0 fully saturated rings. The van der Waals surface area contributed by atoms with Crippen LogP contribution in [0.1, 0.15) is 74.9 Å². The van der Waals surface area contributed by atoms with Crippen LogP contribution in [0.5, 0.6) is 0 Å². The predicted molar refractivity (Wildman–Crippen MR) is 309 cm³/mol. The Labute approximate surface area is 422 Å². The van der Waals surface area contributed by atoms with Gasteiger partial charge in [0.2, 0.25) is 0 Å². The highest BCUT2D eigenvalue weighted by Gasteiger charge is 2.48. The molecule has 6 heterocycles. The molecule has 0 unspecified atom stereocenters. The number of rotatable bonds is 4. The van der Waals surface area contributed by atoms with Crippen molar-refractivity contribution in [3.63, 3.8) is 0 Å². The van der Waals surface area contributed by atoms with Crippen molar-refractivity contribution in [3.8, 4) is 22.3 Å². The van der Waals surface area contributed by atoms with Crippen molar-refractivity contribution in [2.24, 2.45) is 0 Å². The number of hydrogen-bond acceptors (Lipinski definition) is 6. The summed E-state index contributed by atoms with van der Waals surface area (Å²) in [5.74, 6) is 0. The zero-order valence-electron chi connectivity index (χ0n) is 40.9. The molecule has 2 aliphatic rings. The summed E-state index contributed by atoms with van der Waals surface area (Å²) >= 11 is 7.62. The Kier molecular flexibility index (Phi) is 9.54. The van der Waals surface area contributed by atoms with Gasteiger partial charge in [-0.2, -0.15) is 0 Å². The van der Waals surface area contributed by atoms with Gasteiger partial charge in [-0.3, -0.25) is 0 Å². The first kappa shape index (κ1) is 43.1. The van der Waals surface area contributed by atoms with Crippen LogP contribution in [0.3, 0.4) is 0 Å². The van der Waals surface area contributed by atoms with E-state index in [1.165, 1.54) is 145 Å². The largest absolute Gasteiger partial charge is 0.302 e. The maximum absolute atomic E-state index is 2.70. The molecule has 338 valence electrons. The topological polar surface area (TPSA) is 6.48 Å². The fourth-order valence-corrected chi connectivity index (χ4v) is 16.1. The Bertz CT molecular complexity index is 3700. The highest BCUT2D eigenvalue weighted by molar-refractivity contribution is 7.29. The van der Waals surface area contributed by atoms with Crippen LogP contribution in [0.25, 0.3) is 62.6 Å². The Balaban J connectivity index is 1.16. The maximum atomic E-state index is 2.70. The normalized spacial score (nSPS) is 13.6. The third-order valence-corrected chi connectivity index (χ3v) is 19.5. The van der Waals surface area contributed by atoms with Gasteiger partial charge < -0.3 is 9.80 Å². The third-order valence-electron chi connectivity index (χ3n) is 15.2. The maximum Gasteiger partial charge on any atom is 0.256 e. The first-order valence-electron chi connectivity index (χ1n) is 24.2. The van der Waals surface area contributed by atoms with Crippen molar-refractivity contribution in [2.75, 3.05) is 9.80 Å². The molecule has 0 amide bonds. The Morgan fingerprint density at radius 3 is 1.28 bits per heavy atom. The molecule has 7 aromatic carbocycles. The summed E-state index contributed by atoms with van der Waals surface area (Å²) in [6.07, 6.45) is 0. The molecule has 0 atom stereocenters. The summed E-state index contributed by atoms with van der Waals surface area (Å²) in [4.78, 5) is 5.39. The smallest absolute Gasteiger partial charge is 0.256 e. The molecule has 69 heavy (non-hydrogen) atoms. The number of nitrogens with zero attached hydrogens (tertiary/aromatic N) is 2. The van der Waals surface area contributed by atoms with Gasteiger partial charge in [-0.1, -0.05) is 133 Å². The first-order chi connectivity index (χ1) is 33.2. The molecule has 7 heteroatoms. The molecule has 0 N–H and O–H groups in total. The van der Waals surface area contributed by atoms with E-state index < -0.39 is 0 Å². The van der Waals surface area contributed by atoms with E-state index >= 15 is 0 Å². The average Bonchev–Trinajstić information content (AvgIpc) is 4.13. The van der Waals surface area contributed by atoms with Crippen molar-refractivity contribution < 1.29 is 0 Å². The number of aryl methyl sites for hydroxylation is 2. The van der Waals surface area contributed by atoms with Crippen LogP contribution in [0.4, 0.5) is 32.8 Å². The average molecular weight is 965 g/mol. The molecule has 0 spiro atoms. The van der Waals surface area contributed by atoms with Crippen LogP contribution in [0.2, 0.25) is 0 Å². The standard InChI is InChI=1S/C62H53BN2S4/c1-34-22-26-40(46-32-66-50-20-13-11-16-42(46)50)36(3)57(34)64-48-18-15-19-49-56(48)63(54-44-30-38(61(5,6)7)24-28-52(44)68-59(54)64)55-45-31-39(62(8,9)10)25-29-53(45)69-60(55)65(49)58-35(2)23-27-41(37(58)4)47-33-67-51-21-14-12-17-43(47)51/h11-33H,1-10H3. The van der Waals surface area contributed by atoms with Crippen LogP contribution < -0.4 is 26.2 Å². The van der Waals surface area contributed by atoms with E-state index in [4.69, 9.17) is 0 Å². The summed E-state index contributed by atoms with van der Waals surface area (Å²) in [6.45, 7) is 23.5. The second kappa shape index (κ2) is 15.3. The summed E-state index contributed by atoms with van der Waals surface area (Å²) in [7, 11) is 0. The molecule has 0 aliphatic carbocycles. The van der Waals surface area contributed by atoms with Crippen LogP contribution >= 0.6 is 45.3 Å². The van der Waals surface area contributed by atoms with Gasteiger partial charge in [-0.15, -0.1) is 45.3 Å². The van der Waals surface area contributed by atoms with Crippen molar-refractivity contribution in [1.82, 2.24) is 0 Å². The number of benzene rings is 7. The molecule has 2 nitrogen and oxygen atoms in total. The summed E-state index contributed by atoms with van der Waals surface area (Å²) in [5, 5.41) is 12.8. The van der Waals surface area contributed by atoms with E-state index in [9.17, 15) is 0 Å². The molecule has 4 aromatic heterocycles. The molecule has 13 rings (SSSR count). The molecule has 0 saturated carbocycles. The van der Waals surface area contributed by atoms with Gasteiger partial charge in [0.1, 0.15) is 0 Å². The molecule has 0 saturated heterocycles. The lowest BCUT2D eigenvalue weighted by atomic mass is 9.33. The van der Waals surface area contributed by atoms with Gasteiger partial charge in [0.05, 0.1) is 21.4 Å². The number of thiophene rings is 4. The lowest BCUT2D eigenvalue weighted by Gasteiger charge is -2.43. The summed E-state index contributed by atoms with van der Waals surface area (Å²) < 4.78 is 5.32. The number of fused-ring (bicyclic) bond motifs is 10. The summed E-state index contributed by atoms with van der Waals surface area (Å²) in [6, 6.07) is 49.1. The molecule has 2 aliphatic heterocycles. The van der Waals surface area contributed by atoms with Crippen LogP contribution in [0.15, 0.2) is 138 Å². The minimum Gasteiger partial charge on any atom is -0.302 e. The zero-order valence-corrected chi connectivity index (χ0v) is 44.1. The van der Waals surface area contributed by atoms with E-state index in [1.807, 2.05) is 45.3 Å². The Hall–Kier alpha value is -5.96. The minimum absolute atomic E-state index is 0.00961. The van der Waals surface area contributed by atoms with Gasteiger partial charge in [0.15, 0.2) is 0 Å². The Morgan fingerprint density at radius 2 is 0.841 bits per heavy atom. The van der Waals surface area contributed by atoms with E-state index in [0.29, 0.717) is 0 Å². The summed E-state index contributed by atoms with van der Waals surface area (Å²) in [5.41, 5.74) is 22.4. The van der Waals surface area contributed by atoms with Crippen molar-refractivity contribution in [2.45, 2.75) is 80.1 Å². The lowest BCUT2D eigenvalue weighted by Crippen LogP contribution is -2.60. The first-order valence-corrected chi connectivity index (χ1v) is 27.6. The van der Waals surface area contributed by atoms with E-state index in [-0.39, 0.29) is 17.5 Å². The Morgan fingerprint density at radius 1 is 0.406 bits per heavy atom. The SMILES string of the molecule is Cc1ccc(-c2csc3ccccc23)c(C)c1N1c2cccc3c2B(c2c1sc1ccc(C(C)(C)C)cc21)c1c(sc2ccc(C(C)(C)C)cc12)N3c1c(C)ccc(-c2csc3ccccc23)c1C. The van der Waals surface area contributed by atoms with Crippen LogP contribution in [-0.4, -0.2) is 6.71 Å². The van der Waals surface area contributed by atoms with Crippen LogP contribution in [-0.2, 0) is 10.8 Å². The van der Waals surface area contributed by atoms with Gasteiger partial charge >= 0.3 is 0 Å². The fraction of sp³-hybridized carbons (Fsp3) is 0.194. The number of hydrogen-bond donors (Lipinski definition) is 0. The molecule has 11 aromatic rings.